The first kappa shape index (κ1) is 16.5. The molecule has 1 saturated heterocycles. The fraction of sp³-hybridized carbons (Fsp3) is 0.684. The van der Waals surface area contributed by atoms with Gasteiger partial charge in [-0.1, -0.05) is 57.6 Å². The second-order valence-electron chi connectivity index (χ2n) is 6.37. The Morgan fingerprint density at radius 2 is 1.71 bits per heavy atom. The summed E-state index contributed by atoms with van der Waals surface area (Å²) in [6.45, 7) is 3.13. The maximum Gasteiger partial charge on any atom is 0.123 e. The zero-order valence-electron chi connectivity index (χ0n) is 13.3. The topological polar surface area (TPSA) is 9.23 Å². The fourth-order valence-corrected chi connectivity index (χ4v) is 3.19. The molecule has 2 heteroatoms. The SMILES string of the molecule is CCCCCCCCC1CCC(c2ccc(F)cc2)OC1. The summed E-state index contributed by atoms with van der Waals surface area (Å²) in [5.41, 5.74) is 1.12. The molecule has 2 unspecified atom stereocenters. The second kappa shape index (κ2) is 9.19. The van der Waals surface area contributed by atoms with Crippen LogP contribution in [-0.2, 0) is 4.74 Å². The van der Waals surface area contributed by atoms with Crippen molar-refractivity contribution in [1.82, 2.24) is 0 Å². The third-order valence-corrected chi connectivity index (χ3v) is 4.58. The predicted octanol–water partition coefficient (Wildman–Crippen LogP) is 6.04. The zero-order valence-corrected chi connectivity index (χ0v) is 13.3. The van der Waals surface area contributed by atoms with Crippen molar-refractivity contribution in [3.63, 3.8) is 0 Å². The van der Waals surface area contributed by atoms with E-state index in [0.717, 1.165) is 24.5 Å². The highest BCUT2D eigenvalue weighted by Gasteiger charge is 2.22. The minimum absolute atomic E-state index is 0.171. The summed E-state index contributed by atoms with van der Waals surface area (Å²) >= 11 is 0. The van der Waals surface area contributed by atoms with Crippen LogP contribution in [0, 0.1) is 11.7 Å². The fourth-order valence-electron chi connectivity index (χ4n) is 3.19. The van der Waals surface area contributed by atoms with Gasteiger partial charge in [0, 0.05) is 0 Å². The molecular formula is C19H29FO. The van der Waals surface area contributed by atoms with E-state index in [0.29, 0.717) is 0 Å². The molecule has 118 valence electrons. The molecule has 0 N–H and O–H groups in total. The van der Waals surface area contributed by atoms with Crippen molar-refractivity contribution < 1.29 is 9.13 Å². The van der Waals surface area contributed by atoms with Crippen LogP contribution in [0.1, 0.15) is 76.4 Å². The van der Waals surface area contributed by atoms with Gasteiger partial charge in [0.05, 0.1) is 12.7 Å². The van der Waals surface area contributed by atoms with Crippen LogP contribution in [0.25, 0.3) is 0 Å². The molecule has 1 aromatic rings. The highest BCUT2D eigenvalue weighted by atomic mass is 19.1. The third kappa shape index (κ3) is 5.78. The van der Waals surface area contributed by atoms with Crippen molar-refractivity contribution >= 4 is 0 Å². The molecule has 1 nitrogen and oxygen atoms in total. The molecule has 21 heavy (non-hydrogen) atoms. The lowest BCUT2D eigenvalue weighted by molar-refractivity contribution is -0.0199. The van der Waals surface area contributed by atoms with Crippen LogP contribution in [-0.4, -0.2) is 6.61 Å². The highest BCUT2D eigenvalue weighted by molar-refractivity contribution is 5.19. The van der Waals surface area contributed by atoms with Gasteiger partial charge in [0.25, 0.3) is 0 Å². The molecule has 1 aliphatic rings. The van der Waals surface area contributed by atoms with Crippen LogP contribution in [0.4, 0.5) is 4.39 Å². The first-order valence-corrected chi connectivity index (χ1v) is 8.66. The highest BCUT2D eigenvalue weighted by Crippen LogP contribution is 2.32. The van der Waals surface area contributed by atoms with Gasteiger partial charge in [-0.25, -0.2) is 4.39 Å². The zero-order chi connectivity index (χ0) is 14.9. The van der Waals surface area contributed by atoms with Crippen molar-refractivity contribution in [2.24, 2.45) is 5.92 Å². The Kier molecular flexibility index (Phi) is 7.21. The van der Waals surface area contributed by atoms with Crippen molar-refractivity contribution in [2.75, 3.05) is 6.61 Å². The molecule has 0 saturated carbocycles. The number of unbranched alkanes of at least 4 members (excludes halogenated alkanes) is 5. The largest absolute Gasteiger partial charge is 0.373 e. The molecule has 1 aromatic carbocycles. The van der Waals surface area contributed by atoms with Crippen molar-refractivity contribution in [2.45, 2.75) is 70.8 Å². The molecule has 0 radical (unpaired) electrons. The molecule has 0 bridgehead atoms. The van der Waals surface area contributed by atoms with Gasteiger partial charge in [-0.05, 0) is 42.9 Å². The smallest absolute Gasteiger partial charge is 0.123 e. The average Bonchev–Trinajstić information content (AvgIpc) is 2.52. The number of hydrogen-bond donors (Lipinski definition) is 0. The van der Waals surface area contributed by atoms with Gasteiger partial charge in [-0.2, -0.15) is 0 Å². The van der Waals surface area contributed by atoms with Crippen molar-refractivity contribution in [1.29, 1.82) is 0 Å². The number of ether oxygens (including phenoxy) is 1. The first-order chi connectivity index (χ1) is 10.3. The molecular weight excluding hydrogens is 263 g/mol. The summed E-state index contributed by atoms with van der Waals surface area (Å²) in [7, 11) is 0. The molecule has 1 heterocycles. The van der Waals surface area contributed by atoms with E-state index in [1.54, 1.807) is 0 Å². The van der Waals surface area contributed by atoms with Gasteiger partial charge in [-0.15, -0.1) is 0 Å². The second-order valence-corrected chi connectivity index (χ2v) is 6.37. The average molecular weight is 292 g/mol. The molecule has 0 aromatic heterocycles. The Morgan fingerprint density at radius 3 is 2.38 bits per heavy atom. The van der Waals surface area contributed by atoms with E-state index in [4.69, 9.17) is 4.74 Å². The van der Waals surface area contributed by atoms with Crippen LogP contribution in [0.5, 0.6) is 0 Å². The van der Waals surface area contributed by atoms with Gasteiger partial charge >= 0.3 is 0 Å². The maximum absolute atomic E-state index is 12.9. The van der Waals surface area contributed by atoms with Crippen LogP contribution in [0.3, 0.4) is 0 Å². The van der Waals surface area contributed by atoms with Crippen LogP contribution in [0.15, 0.2) is 24.3 Å². The molecule has 0 amide bonds. The van der Waals surface area contributed by atoms with Crippen LogP contribution in [0.2, 0.25) is 0 Å². The lowest BCUT2D eigenvalue weighted by Gasteiger charge is -2.29. The Labute approximate surface area is 128 Å². The first-order valence-electron chi connectivity index (χ1n) is 8.66. The summed E-state index contributed by atoms with van der Waals surface area (Å²) in [5.74, 6) is 0.559. The van der Waals surface area contributed by atoms with E-state index in [1.165, 1.54) is 63.5 Å². The summed E-state index contributed by atoms with van der Waals surface area (Å²) in [4.78, 5) is 0. The summed E-state index contributed by atoms with van der Waals surface area (Å²) < 4.78 is 18.9. The standard InChI is InChI=1S/C19H29FO/c1-2-3-4-5-6-7-8-16-9-14-19(21-15-16)17-10-12-18(20)13-11-17/h10-13,16,19H,2-9,14-15H2,1H3. The summed E-state index contributed by atoms with van der Waals surface area (Å²) in [5, 5.41) is 0. The van der Waals surface area contributed by atoms with E-state index in [1.807, 2.05) is 12.1 Å². The van der Waals surface area contributed by atoms with Gasteiger partial charge < -0.3 is 4.74 Å². The molecule has 0 aliphatic carbocycles. The summed E-state index contributed by atoms with van der Waals surface area (Å²) in [6, 6.07) is 6.77. The monoisotopic (exact) mass is 292 g/mol. The van der Waals surface area contributed by atoms with E-state index >= 15 is 0 Å². The number of halogens is 1. The predicted molar refractivity (Wildman–Crippen MR) is 85.8 cm³/mol. The van der Waals surface area contributed by atoms with Gasteiger partial charge in [0.1, 0.15) is 5.82 Å². The third-order valence-electron chi connectivity index (χ3n) is 4.58. The lowest BCUT2D eigenvalue weighted by Crippen LogP contribution is -2.20. The maximum atomic E-state index is 12.9. The summed E-state index contributed by atoms with van der Waals surface area (Å²) in [6.07, 6.45) is 12.0. The number of hydrogen-bond acceptors (Lipinski definition) is 1. The molecule has 1 aliphatic heterocycles. The van der Waals surface area contributed by atoms with E-state index < -0.39 is 0 Å². The minimum atomic E-state index is -0.171. The van der Waals surface area contributed by atoms with Crippen molar-refractivity contribution in [3.8, 4) is 0 Å². The van der Waals surface area contributed by atoms with E-state index in [2.05, 4.69) is 6.92 Å². The van der Waals surface area contributed by atoms with Gasteiger partial charge in [0.15, 0.2) is 0 Å². The Hall–Kier alpha value is -0.890. The van der Waals surface area contributed by atoms with Crippen LogP contribution < -0.4 is 0 Å². The minimum Gasteiger partial charge on any atom is -0.373 e. The Bertz CT molecular complexity index is 379. The van der Waals surface area contributed by atoms with E-state index in [-0.39, 0.29) is 11.9 Å². The molecule has 0 spiro atoms. The van der Waals surface area contributed by atoms with Crippen LogP contribution >= 0.6 is 0 Å². The Balaban J connectivity index is 1.61. The normalized spacial score (nSPS) is 22.4. The quantitative estimate of drug-likeness (QED) is 0.530. The molecule has 2 atom stereocenters. The van der Waals surface area contributed by atoms with Gasteiger partial charge in [0.2, 0.25) is 0 Å². The Morgan fingerprint density at radius 1 is 1.00 bits per heavy atom. The molecule has 1 fully saturated rings. The number of benzene rings is 1. The lowest BCUT2D eigenvalue weighted by atomic mass is 9.91. The molecule has 2 rings (SSSR count). The van der Waals surface area contributed by atoms with Crippen molar-refractivity contribution in [3.05, 3.63) is 35.6 Å². The number of rotatable bonds is 8. The van der Waals surface area contributed by atoms with Gasteiger partial charge in [-0.3, -0.25) is 0 Å². The van der Waals surface area contributed by atoms with E-state index in [9.17, 15) is 4.39 Å².